The molecule has 0 aromatic heterocycles. The van der Waals surface area contributed by atoms with Crippen LogP contribution in [0.15, 0.2) is 12.2 Å². The fourth-order valence-corrected chi connectivity index (χ4v) is 0.671. The summed E-state index contributed by atoms with van der Waals surface area (Å²) in [5.41, 5.74) is 5.09. The molecule has 0 aromatic rings. The van der Waals surface area contributed by atoms with Crippen LogP contribution in [-0.2, 0) is 4.79 Å². The summed E-state index contributed by atoms with van der Waals surface area (Å²) in [5, 5.41) is 0. The molecule has 0 unspecified atom stereocenters. The van der Waals surface area contributed by atoms with Gasteiger partial charge < -0.3 is 10.2 Å². The summed E-state index contributed by atoms with van der Waals surface area (Å²) in [7, 11) is 6.64. The van der Waals surface area contributed by atoms with Gasteiger partial charge in [-0.1, -0.05) is 13.5 Å². The normalized spacial score (nSPS) is 9.92. The highest BCUT2D eigenvalue weighted by molar-refractivity contribution is 5.90. The SMILES string of the molecule is C=C(C)C(N)=O.CCC[N+](C)(C)C. The highest BCUT2D eigenvalue weighted by Gasteiger charge is 2.01. The van der Waals surface area contributed by atoms with Crippen molar-refractivity contribution < 1.29 is 9.28 Å². The first-order chi connectivity index (χ1) is 5.70. The number of amides is 1. The third-order valence-corrected chi connectivity index (χ3v) is 1.32. The van der Waals surface area contributed by atoms with Crippen molar-refractivity contribution in [1.82, 2.24) is 0 Å². The molecule has 0 aliphatic heterocycles. The van der Waals surface area contributed by atoms with Crippen molar-refractivity contribution in [3.8, 4) is 0 Å². The molecule has 0 aliphatic rings. The summed E-state index contributed by atoms with van der Waals surface area (Å²) in [4.78, 5) is 9.82. The van der Waals surface area contributed by atoms with E-state index in [-0.39, 0.29) is 0 Å². The lowest BCUT2D eigenvalue weighted by atomic mass is 10.3. The quantitative estimate of drug-likeness (QED) is 0.523. The first-order valence-corrected chi connectivity index (χ1v) is 4.46. The molecule has 13 heavy (non-hydrogen) atoms. The van der Waals surface area contributed by atoms with E-state index in [4.69, 9.17) is 5.73 Å². The first kappa shape index (κ1) is 14.7. The largest absolute Gasteiger partial charge is 0.366 e. The number of quaternary nitrogens is 1. The Labute approximate surface area is 81.8 Å². The molecular weight excluding hydrogens is 164 g/mol. The van der Waals surface area contributed by atoms with E-state index in [0.29, 0.717) is 5.57 Å². The predicted octanol–water partition coefficient (Wildman–Crippen LogP) is 1.15. The standard InChI is InChI=1S/C6H16N.C4H7NO/c1-5-6-7(2,3)4;1-3(2)4(5)6/h5-6H2,1-4H3;1H2,2H3,(H2,5,6)/q+1;. The molecule has 0 heterocycles. The molecule has 3 nitrogen and oxygen atoms in total. The molecule has 0 aliphatic carbocycles. The van der Waals surface area contributed by atoms with E-state index in [1.807, 2.05) is 0 Å². The zero-order valence-electron chi connectivity index (χ0n) is 9.55. The average Bonchev–Trinajstić information content (AvgIpc) is 1.85. The number of nitrogens with zero attached hydrogens (tertiary/aromatic N) is 1. The van der Waals surface area contributed by atoms with Crippen molar-refractivity contribution in [3.05, 3.63) is 12.2 Å². The lowest BCUT2D eigenvalue weighted by Gasteiger charge is -2.22. The van der Waals surface area contributed by atoms with Crippen LogP contribution in [0.4, 0.5) is 0 Å². The van der Waals surface area contributed by atoms with Crippen LogP contribution < -0.4 is 5.73 Å². The van der Waals surface area contributed by atoms with Crippen LogP contribution >= 0.6 is 0 Å². The second kappa shape index (κ2) is 6.66. The van der Waals surface area contributed by atoms with Crippen LogP contribution in [0, 0.1) is 0 Å². The van der Waals surface area contributed by atoms with Crippen molar-refractivity contribution >= 4 is 5.91 Å². The maximum absolute atomic E-state index is 9.82. The molecule has 0 saturated carbocycles. The van der Waals surface area contributed by atoms with Gasteiger partial charge in [0.15, 0.2) is 0 Å². The second-order valence-electron chi connectivity index (χ2n) is 4.16. The molecule has 0 radical (unpaired) electrons. The van der Waals surface area contributed by atoms with Gasteiger partial charge in [-0.15, -0.1) is 0 Å². The number of rotatable bonds is 3. The molecule has 0 saturated heterocycles. The Kier molecular flexibility index (Phi) is 7.52. The fraction of sp³-hybridized carbons (Fsp3) is 0.700. The smallest absolute Gasteiger partial charge is 0.243 e. The van der Waals surface area contributed by atoms with Gasteiger partial charge in [-0.3, -0.25) is 4.79 Å². The molecule has 0 rings (SSSR count). The van der Waals surface area contributed by atoms with Crippen LogP contribution in [0.25, 0.3) is 0 Å². The maximum atomic E-state index is 9.82. The van der Waals surface area contributed by atoms with Crippen LogP contribution in [0.2, 0.25) is 0 Å². The van der Waals surface area contributed by atoms with Crippen LogP contribution in [0.5, 0.6) is 0 Å². The van der Waals surface area contributed by atoms with Gasteiger partial charge in [0.25, 0.3) is 0 Å². The minimum atomic E-state index is -0.435. The van der Waals surface area contributed by atoms with Crippen molar-refractivity contribution in [1.29, 1.82) is 0 Å². The van der Waals surface area contributed by atoms with E-state index in [2.05, 4.69) is 34.6 Å². The Morgan fingerprint density at radius 3 is 1.69 bits per heavy atom. The van der Waals surface area contributed by atoms with E-state index in [1.54, 1.807) is 6.92 Å². The number of carbonyl (C=O) groups excluding carboxylic acids is 1. The Morgan fingerprint density at radius 2 is 1.69 bits per heavy atom. The van der Waals surface area contributed by atoms with Crippen molar-refractivity contribution in [2.75, 3.05) is 27.7 Å². The monoisotopic (exact) mass is 187 g/mol. The molecule has 0 fully saturated rings. The molecule has 0 aromatic carbocycles. The van der Waals surface area contributed by atoms with Gasteiger partial charge in [0, 0.05) is 5.57 Å². The Hall–Kier alpha value is -0.830. The first-order valence-electron chi connectivity index (χ1n) is 4.46. The topological polar surface area (TPSA) is 43.1 Å². The van der Waals surface area contributed by atoms with E-state index in [0.717, 1.165) is 4.48 Å². The summed E-state index contributed by atoms with van der Waals surface area (Å²) in [5.74, 6) is -0.435. The minimum Gasteiger partial charge on any atom is -0.366 e. The summed E-state index contributed by atoms with van der Waals surface area (Å²) < 4.78 is 1.09. The Bertz CT molecular complexity index is 156. The number of hydrogen-bond donors (Lipinski definition) is 1. The third kappa shape index (κ3) is 18.3. The van der Waals surface area contributed by atoms with Crippen molar-refractivity contribution in [2.45, 2.75) is 20.3 Å². The van der Waals surface area contributed by atoms with Gasteiger partial charge in [0.2, 0.25) is 5.91 Å². The Morgan fingerprint density at radius 1 is 1.38 bits per heavy atom. The lowest BCUT2D eigenvalue weighted by Crippen LogP contribution is -2.34. The summed E-state index contributed by atoms with van der Waals surface area (Å²) in [6.45, 7) is 8.34. The molecule has 3 heteroatoms. The fourth-order valence-electron chi connectivity index (χ4n) is 0.671. The molecular formula is C10H23N2O+. The molecule has 0 atom stereocenters. The predicted molar refractivity (Wildman–Crippen MR) is 57.2 cm³/mol. The summed E-state index contributed by atoms with van der Waals surface area (Å²) in [6, 6.07) is 0. The van der Waals surface area contributed by atoms with E-state index < -0.39 is 5.91 Å². The van der Waals surface area contributed by atoms with Crippen molar-refractivity contribution in [3.63, 3.8) is 0 Å². The second-order valence-corrected chi connectivity index (χ2v) is 4.16. The van der Waals surface area contributed by atoms with Gasteiger partial charge in [0.05, 0.1) is 27.7 Å². The van der Waals surface area contributed by atoms with E-state index in [1.165, 1.54) is 13.0 Å². The zero-order valence-corrected chi connectivity index (χ0v) is 9.55. The molecule has 0 spiro atoms. The summed E-state index contributed by atoms with van der Waals surface area (Å²) >= 11 is 0. The zero-order chi connectivity index (χ0) is 11.1. The third-order valence-electron chi connectivity index (χ3n) is 1.32. The molecule has 1 amide bonds. The summed E-state index contributed by atoms with van der Waals surface area (Å²) in [6.07, 6.45) is 1.28. The number of hydrogen-bond acceptors (Lipinski definition) is 1. The van der Waals surface area contributed by atoms with Gasteiger partial charge >= 0.3 is 0 Å². The number of primary amides is 1. The number of nitrogens with two attached hydrogens (primary N) is 1. The minimum absolute atomic E-state index is 0.398. The van der Waals surface area contributed by atoms with Gasteiger partial charge in [-0.05, 0) is 13.3 Å². The van der Waals surface area contributed by atoms with Crippen LogP contribution in [0.1, 0.15) is 20.3 Å². The van der Waals surface area contributed by atoms with E-state index in [9.17, 15) is 4.79 Å². The highest BCUT2D eigenvalue weighted by Crippen LogP contribution is 1.90. The number of carbonyl (C=O) groups is 1. The van der Waals surface area contributed by atoms with Gasteiger partial charge in [-0.25, -0.2) is 0 Å². The Balaban J connectivity index is 0. The van der Waals surface area contributed by atoms with Crippen LogP contribution in [-0.4, -0.2) is 38.1 Å². The lowest BCUT2D eigenvalue weighted by molar-refractivity contribution is -0.870. The average molecular weight is 187 g/mol. The van der Waals surface area contributed by atoms with E-state index >= 15 is 0 Å². The maximum Gasteiger partial charge on any atom is 0.243 e. The highest BCUT2D eigenvalue weighted by atomic mass is 16.1. The molecule has 2 N–H and O–H groups in total. The van der Waals surface area contributed by atoms with Crippen molar-refractivity contribution in [2.24, 2.45) is 5.73 Å². The molecule has 0 bridgehead atoms. The van der Waals surface area contributed by atoms with Gasteiger partial charge in [0.1, 0.15) is 0 Å². The van der Waals surface area contributed by atoms with Gasteiger partial charge in [-0.2, -0.15) is 0 Å². The molecule has 78 valence electrons. The van der Waals surface area contributed by atoms with Crippen LogP contribution in [0.3, 0.4) is 0 Å².